The molecule has 0 aliphatic carbocycles. The number of nitrogens with one attached hydrogen (secondary N) is 1. The third-order valence-electron chi connectivity index (χ3n) is 6.47. The van der Waals surface area contributed by atoms with Crippen LogP contribution in [0.2, 0.25) is 0 Å². The molecule has 0 aromatic rings. The minimum atomic E-state index is -1.88. The van der Waals surface area contributed by atoms with E-state index < -0.39 is 118 Å². The summed E-state index contributed by atoms with van der Waals surface area (Å²) < 4.78 is 26.9. The number of carbonyl (C=O) groups excluding carboxylic acids is 1. The van der Waals surface area contributed by atoms with Crippen LogP contribution < -0.4 is 5.32 Å². The molecule has 0 aromatic carbocycles. The van der Waals surface area contributed by atoms with Gasteiger partial charge in [-0.3, -0.25) is 4.79 Å². The topological polar surface area (TPSA) is 278 Å². The van der Waals surface area contributed by atoms with E-state index in [0.717, 1.165) is 6.92 Å². The second kappa shape index (κ2) is 12.8. The van der Waals surface area contributed by atoms with Crippen LogP contribution in [0.3, 0.4) is 0 Å². The maximum absolute atomic E-state index is 11.6. The molecule has 0 aromatic heterocycles. The van der Waals surface area contributed by atoms with Gasteiger partial charge in [-0.1, -0.05) is 0 Å². The molecule has 0 bridgehead atoms. The number of hydrogen-bond acceptors (Lipinski definition) is 16. The average molecular weight is 545 g/mol. The Hall–Kier alpha value is -1.13. The maximum Gasteiger partial charge on any atom is 0.217 e. The van der Waals surface area contributed by atoms with Crippen molar-refractivity contribution in [2.75, 3.05) is 19.8 Å². The van der Waals surface area contributed by atoms with Crippen LogP contribution >= 0.6 is 0 Å². The summed E-state index contributed by atoms with van der Waals surface area (Å²) in [5.74, 6) is -0.601. The first-order valence-corrected chi connectivity index (χ1v) is 11.6. The van der Waals surface area contributed by atoms with E-state index in [-0.39, 0.29) is 0 Å². The Bertz CT molecular complexity index is 745. The molecule has 11 N–H and O–H groups in total. The molecule has 3 aliphatic heterocycles. The van der Waals surface area contributed by atoms with E-state index in [1.807, 2.05) is 0 Å². The van der Waals surface area contributed by atoms with Gasteiger partial charge in [0.05, 0.1) is 19.8 Å². The molecule has 216 valence electrons. The number of hydrogen-bond donors (Lipinski definition) is 11. The number of rotatable bonds is 8. The molecule has 3 saturated heterocycles. The monoisotopic (exact) mass is 545 g/mol. The summed E-state index contributed by atoms with van der Waals surface area (Å²) in [6, 6.07) is -1.30. The van der Waals surface area contributed by atoms with E-state index in [1.54, 1.807) is 0 Å². The third-order valence-corrected chi connectivity index (χ3v) is 6.47. The molecular formula is C20H35NO16. The molecular weight excluding hydrogens is 510 g/mol. The van der Waals surface area contributed by atoms with Crippen molar-refractivity contribution < 1.29 is 79.5 Å². The lowest BCUT2D eigenvalue weighted by Gasteiger charge is -2.46. The van der Waals surface area contributed by atoms with Gasteiger partial charge >= 0.3 is 0 Å². The van der Waals surface area contributed by atoms with Crippen molar-refractivity contribution in [1.29, 1.82) is 0 Å². The van der Waals surface area contributed by atoms with Gasteiger partial charge in [-0.05, 0) is 0 Å². The molecule has 17 heteroatoms. The SMILES string of the molecule is CC(=O)N[C@H]1C(OC[C@H]2O[C@@H](O[C@H]3[C@H](O)[C@@H](O)[C@@H](O)O[C@@H]3CO)[C@H](O)[C@@H](O)[C@H]2O)O[C@H](CO)[C@@H](O)[C@@H]1O. The van der Waals surface area contributed by atoms with E-state index in [2.05, 4.69) is 5.32 Å². The summed E-state index contributed by atoms with van der Waals surface area (Å²) in [6.45, 7) is -0.926. The zero-order valence-electron chi connectivity index (χ0n) is 19.7. The Morgan fingerprint density at radius 3 is 1.89 bits per heavy atom. The van der Waals surface area contributed by atoms with Crippen LogP contribution in [-0.2, 0) is 28.5 Å². The van der Waals surface area contributed by atoms with Crippen molar-refractivity contribution in [3.63, 3.8) is 0 Å². The van der Waals surface area contributed by atoms with Crippen LogP contribution in [0.1, 0.15) is 6.92 Å². The lowest BCUT2D eigenvalue weighted by Crippen LogP contribution is -2.66. The number of amides is 1. The van der Waals surface area contributed by atoms with Crippen LogP contribution in [0.4, 0.5) is 0 Å². The predicted octanol–water partition coefficient (Wildman–Crippen LogP) is -7.43. The first-order chi connectivity index (χ1) is 17.4. The van der Waals surface area contributed by atoms with Crippen molar-refractivity contribution in [1.82, 2.24) is 5.32 Å². The van der Waals surface area contributed by atoms with E-state index in [9.17, 15) is 55.9 Å². The molecule has 1 amide bonds. The van der Waals surface area contributed by atoms with Gasteiger partial charge < -0.3 is 80.1 Å². The molecule has 0 saturated carbocycles. The fourth-order valence-corrected chi connectivity index (χ4v) is 4.36. The average Bonchev–Trinajstić information content (AvgIpc) is 2.86. The van der Waals surface area contributed by atoms with E-state index in [1.165, 1.54) is 0 Å². The van der Waals surface area contributed by atoms with Crippen LogP contribution in [0.15, 0.2) is 0 Å². The first kappa shape index (κ1) is 30.4. The number of aliphatic hydroxyl groups excluding tert-OH is 10. The Balaban J connectivity index is 1.71. The van der Waals surface area contributed by atoms with Gasteiger partial charge in [0.15, 0.2) is 18.9 Å². The van der Waals surface area contributed by atoms with E-state index in [0.29, 0.717) is 0 Å². The summed E-state index contributed by atoms with van der Waals surface area (Å²) in [4.78, 5) is 11.6. The van der Waals surface area contributed by atoms with Crippen LogP contribution in [0.5, 0.6) is 0 Å². The van der Waals surface area contributed by atoms with Crippen molar-refractivity contribution in [2.45, 2.75) is 99.0 Å². The van der Waals surface area contributed by atoms with Gasteiger partial charge in [0.2, 0.25) is 5.91 Å². The van der Waals surface area contributed by atoms with Gasteiger partial charge in [0, 0.05) is 6.92 Å². The van der Waals surface area contributed by atoms with Crippen LogP contribution in [-0.4, -0.2) is 169 Å². The standard InChI is InChI=1S/C20H35NO16/c1-5(24)21-9-12(27)10(25)6(2-22)35-19(9)33-4-8-11(26)13(28)16(31)20(36-8)37-17-7(3-23)34-18(32)15(30)14(17)29/h6-20,22-23,25-32H,2-4H2,1H3,(H,21,24)/t6-,7-,8-,9-,10-,11+,12-,13+,14-,15-,16-,17-,18+,19?,20+/m1/s1. The first-order valence-electron chi connectivity index (χ1n) is 11.6. The van der Waals surface area contributed by atoms with Crippen molar-refractivity contribution in [3.8, 4) is 0 Å². The highest BCUT2D eigenvalue weighted by Crippen LogP contribution is 2.30. The Morgan fingerprint density at radius 1 is 0.703 bits per heavy atom. The molecule has 3 fully saturated rings. The quantitative estimate of drug-likeness (QED) is 0.135. The van der Waals surface area contributed by atoms with Crippen molar-refractivity contribution in [2.24, 2.45) is 0 Å². The number of carbonyl (C=O) groups is 1. The molecule has 15 atom stereocenters. The Labute approximate surface area is 210 Å². The maximum atomic E-state index is 11.6. The molecule has 0 spiro atoms. The zero-order valence-corrected chi connectivity index (χ0v) is 19.7. The highest BCUT2D eigenvalue weighted by molar-refractivity contribution is 5.73. The second-order valence-corrected chi connectivity index (χ2v) is 9.11. The minimum absolute atomic E-state index is 0.596. The van der Waals surface area contributed by atoms with Gasteiger partial charge in [-0.2, -0.15) is 0 Å². The fraction of sp³-hybridized carbons (Fsp3) is 0.950. The molecule has 37 heavy (non-hydrogen) atoms. The summed E-state index contributed by atoms with van der Waals surface area (Å²) in [5, 5.41) is 103. The smallest absolute Gasteiger partial charge is 0.217 e. The van der Waals surface area contributed by atoms with Gasteiger partial charge in [-0.25, -0.2) is 0 Å². The molecule has 0 radical (unpaired) electrons. The summed E-state index contributed by atoms with van der Waals surface area (Å²) in [5.41, 5.74) is 0. The fourth-order valence-electron chi connectivity index (χ4n) is 4.36. The Kier molecular flexibility index (Phi) is 10.5. The lowest BCUT2D eigenvalue weighted by molar-refractivity contribution is -0.360. The highest BCUT2D eigenvalue weighted by atomic mass is 16.7. The van der Waals surface area contributed by atoms with Gasteiger partial charge in [-0.15, -0.1) is 0 Å². The molecule has 1 unspecified atom stereocenters. The predicted molar refractivity (Wildman–Crippen MR) is 113 cm³/mol. The van der Waals surface area contributed by atoms with E-state index >= 15 is 0 Å². The number of aliphatic hydroxyl groups is 10. The van der Waals surface area contributed by atoms with E-state index in [4.69, 9.17) is 23.7 Å². The second-order valence-electron chi connectivity index (χ2n) is 9.11. The molecule has 3 rings (SSSR count). The molecule has 3 aliphatic rings. The zero-order chi connectivity index (χ0) is 27.6. The normalized spacial score (nSPS) is 49.0. The minimum Gasteiger partial charge on any atom is -0.394 e. The van der Waals surface area contributed by atoms with Crippen molar-refractivity contribution >= 4 is 5.91 Å². The van der Waals surface area contributed by atoms with Crippen LogP contribution in [0, 0.1) is 0 Å². The van der Waals surface area contributed by atoms with Crippen molar-refractivity contribution in [3.05, 3.63) is 0 Å². The van der Waals surface area contributed by atoms with Gasteiger partial charge in [0.25, 0.3) is 0 Å². The van der Waals surface area contributed by atoms with Gasteiger partial charge in [0.1, 0.15) is 73.2 Å². The summed E-state index contributed by atoms with van der Waals surface area (Å²) in [6.07, 6.45) is -23.0. The molecule has 17 nitrogen and oxygen atoms in total. The number of ether oxygens (including phenoxy) is 5. The van der Waals surface area contributed by atoms with Crippen LogP contribution in [0.25, 0.3) is 0 Å². The largest absolute Gasteiger partial charge is 0.394 e. The summed E-state index contributed by atoms with van der Waals surface area (Å²) in [7, 11) is 0. The lowest BCUT2D eigenvalue weighted by atomic mass is 9.96. The third kappa shape index (κ3) is 6.55. The highest BCUT2D eigenvalue weighted by Gasteiger charge is 2.51. The summed E-state index contributed by atoms with van der Waals surface area (Å²) >= 11 is 0. The Morgan fingerprint density at radius 2 is 1.30 bits per heavy atom. The molecule has 3 heterocycles.